The third kappa shape index (κ3) is 3.15. The van der Waals surface area contributed by atoms with Gasteiger partial charge in [0.15, 0.2) is 5.82 Å². The third-order valence-electron chi connectivity index (χ3n) is 4.07. The number of hydrogen-bond acceptors (Lipinski definition) is 5. The molecule has 1 fully saturated rings. The van der Waals surface area contributed by atoms with Gasteiger partial charge in [-0.2, -0.15) is 5.10 Å². The summed E-state index contributed by atoms with van der Waals surface area (Å²) in [7, 11) is 0. The summed E-state index contributed by atoms with van der Waals surface area (Å²) in [5, 5.41) is 26.8. The number of amidine groups is 1. The van der Waals surface area contributed by atoms with Crippen molar-refractivity contribution < 1.29 is 5.11 Å². The van der Waals surface area contributed by atoms with Crippen LogP contribution in [0.15, 0.2) is 0 Å². The summed E-state index contributed by atoms with van der Waals surface area (Å²) in [5.74, 6) is 0.660. The molecule has 0 spiro atoms. The highest BCUT2D eigenvalue weighted by Crippen LogP contribution is 2.29. The summed E-state index contributed by atoms with van der Waals surface area (Å²) in [5.41, 5.74) is 7.66. The molecular formula is C15H25N5O. The van der Waals surface area contributed by atoms with Crippen LogP contribution in [0, 0.1) is 5.41 Å². The van der Waals surface area contributed by atoms with Gasteiger partial charge in [-0.3, -0.25) is 5.41 Å². The first-order chi connectivity index (χ1) is 9.89. The van der Waals surface area contributed by atoms with Crippen molar-refractivity contribution >= 4 is 11.7 Å². The molecule has 116 valence electrons. The number of aromatic nitrogens is 2. The van der Waals surface area contributed by atoms with Crippen LogP contribution in [0.3, 0.4) is 0 Å². The molecule has 0 saturated carbocycles. The molecule has 0 aliphatic carbocycles. The normalized spacial score (nSPS) is 22.4. The molecule has 0 bridgehead atoms. The Bertz CT molecular complexity index is 541. The van der Waals surface area contributed by atoms with Crippen molar-refractivity contribution in [2.24, 2.45) is 5.73 Å². The molecule has 1 unspecified atom stereocenters. The predicted octanol–water partition coefficient (Wildman–Crippen LogP) is 1.24. The lowest BCUT2D eigenvalue weighted by molar-refractivity contribution is 0.0446. The van der Waals surface area contributed by atoms with Crippen LogP contribution in [0.2, 0.25) is 0 Å². The first-order valence-electron chi connectivity index (χ1n) is 7.59. The summed E-state index contributed by atoms with van der Waals surface area (Å²) >= 11 is 0. The monoisotopic (exact) mass is 291 g/mol. The van der Waals surface area contributed by atoms with Crippen LogP contribution in [-0.2, 0) is 12.8 Å². The largest absolute Gasteiger partial charge is 0.388 e. The standard InChI is InChI=1S/C15H25N5O/c1-4-10-11(5-2)18-19-14(12(10)13(16)17)20-8-6-7-15(3,21)9-20/h21H,4-9H2,1-3H3,(H3,16,17). The summed E-state index contributed by atoms with van der Waals surface area (Å²) in [6, 6.07) is 0. The van der Waals surface area contributed by atoms with Gasteiger partial charge >= 0.3 is 0 Å². The zero-order chi connectivity index (χ0) is 15.6. The van der Waals surface area contributed by atoms with Gasteiger partial charge < -0.3 is 15.7 Å². The summed E-state index contributed by atoms with van der Waals surface area (Å²) in [6.07, 6.45) is 3.21. The van der Waals surface area contributed by atoms with Crippen molar-refractivity contribution in [3.63, 3.8) is 0 Å². The van der Waals surface area contributed by atoms with Crippen LogP contribution >= 0.6 is 0 Å². The highest BCUT2D eigenvalue weighted by Gasteiger charge is 2.31. The van der Waals surface area contributed by atoms with E-state index in [2.05, 4.69) is 10.2 Å². The van der Waals surface area contributed by atoms with E-state index in [0.29, 0.717) is 17.9 Å². The molecule has 0 amide bonds. The van der Waals surface area contributed by atoms with E-state index in [4.69, 9.17) is 11.1 Å². The fourth-order valence-electron chi connectivity index (χ4n) is 3.07. The van der Waals surface area contributed by atoms with Gasteiger partial charge in [0.05, 0.1) is 16.9 Å². The minimum atomic E-state index is -0.732. The van der Waals surface area contributed by atoms with E-state index in [-0.39, 0.29) is 5.84 Å². The van der Waals surface area contributed by atoms with Gasteiger partial charge in [0, 0.05) is 13.1 Å². The first kappa shape index (κ1) is 15.7. The first-order valence-corrected chi connectivity index (χ1v) is 7.59. The predicted molar refractivity (Wildman–Crippen MR) is 83.9 cm³/mol. The van der Waals surface area contributed by atoms with Gasteiger partial charge in [-0.25, -0.2) is 0 Å². The average molecular weight is 291 g/mol. The maximum absolute atomic E-state index is 10.3. The van der Waals surface area contributed by atoms with Crippen molar-refractivity contribution in [1.29, 1.82) is 5.41 Å². The molecule has 6 heteroatoms. The second-order valence-electron chi connectivity index (χ2n) is 5.97. The fraction of sp³-hybridized carbons (Fsp3) is 0.667. The van der Waals surface area contributed by atoms with E-state index in [9.17, 15) is 5.11 Å². The molecule has 0 radical (unpaired) electrons. The number of nitrogen functional groups attached to an aromatic ring is 1. The second-order valence-corrected chi connectivity index (χ2v) is 5.97. The molecule has 1 aliphatic heterocycles. The van der Waals surface area contributed by atoms with E-state index < -0.39 is 5.60 Å². The van der Waals surface area contributed by atoms with E-state index in [1.807, 2.05) is 25.7 Å². The molecule has 21 heavy (non-hydrogen) atoms. The topological polar surface area (TPSA) is 99.1 Å². The van der Waals surface area contributed by atoms with Gasteiger partial charge in [-0.15, -0.1) is 5.10 Å². The third-order valence-corrected chi connectivity index (χ3v) is 4.07. The van der Waals surface area contributed by atoms with Crippen LogP contribution in [0.5, 0.6) is 0 Å². The van der Waals surface area contributed by atoms with Gasteiger partial charge in [-0.05, 0) is 38.2 Å². The number of nitrogens with one attached hydrogen (secondary N) is 1. The molecule has 1 saturated heterocycles. The number of nitrogens with two attached hydrogens (primary N) is 1. The minimum Gasteiger partial charge on any atom is -0.388 e. The van der Waals surface area contributed by atoms with Gasteiger partial charge in [-0.1, -0.05) is 13.8 Å². The number of rotatable bonds is 4. The zero-order valence-electron chi connectivity index (χ0n) is 13.1. The molecule has 0 aromatic carbocycles. The number of piperidine rings is 1. The molecule has 6 nitrogen and oxygen atoms in total. The summed E-state index contributed by atoms with van der Waals surface area (Å²) in [4.78, 5) is 2.01. The van der Waals surface area contributed by atoms with Crippen LogP contribution in [-0.4, -0.2) is 39.8 Å². The maximum Gasteiger partial charge on any atom is 0.162 e. The number of β-amino-alcohol motifs (C(OH)–C–C–N with tert-alkyl or cyclic N) is 1. The summed E-state index contributed by atoms with van der Waals surface area (Å²) in [6.45, 7) is 7.20. The number of anilines is 1. The van der Waals surface area contributed by atoms with Gasteiger partial charge in [0.25, 0.3) is 0 Å². The molecule has 1 atom stereocenters. The zero-order valence-corrected chi connectivity index (χ0v) is 13.1. The van der Waals surface area contributed by atoms with Crippen molar-refractivity contribution in [1.82, 2.24) is 10.2 Å². The lowest BCUT2D eigenvalue weighted by Gasteiger charge is -2.38. The molecule has 1 aromatic rings. The molecule has 4 N–H and O–H groups in total. The summed E-state index contributed by atoms with van der Waals surface area (Å²) < 4.78 is 0. The van der Waals surface area contributed by atoms with E-state index in [1.165, 1.54) is 0 Å². The van der Waals surface area contributed by atoms with Crippen molar-refractivity contribution in [2.45, 2.75) is 52.1 Å². The fourth-order valence-corrected chi connectivity index (χ4v) is 3.07. The highest BCUT2D eigenvalue weighted by molar-refractivity contribution is 6.01. The number of hydrogen-bond donors (Lipinski definition) is 3. The number of aliphatic hydroxyl groups is 1. The lowest BCUT2D eigenvalue weighted by atomic mass is 9.94. The Hall–Kier alpha value is -1.69. The van der Waals surface area contributed by atoms with Crippen LogP contribution in [0.4, 0.5) is 5.82 Å². The van der Waals surface area contributed by atoms with Crippen LogP contribution < -0.4 is 10.6 Å². The molecule has 2 heterocycles. The Kier molecular flexibility index (Phi) is 4.46. The average Bonchev–Trinajstić information content (AvgIpc) is 2.44. The molecule has 1 aromatic heterocycles. The Morgan fingerprint density at radius 1 is 1.38 bits per heavy atom. The SMILES string of the molecule is CCc1nnc(N2CCCC(C)(O)C2)c(C(=N)N)c1CC. The van der Waals surface area contributed by atoms with E-state index in [0.717, 1.165) is 43.5 Å². The van der Waals surface area contributed by atoms with Crippen molar-refractivity contribution in [2.75, 3.05) is 18.0 Å². The Labute approximate surface area is 125 Å². The van der Waals surface area contributed by atoms with Crippen LogP contribution in [0.1, 0.15) is 50.4 Å². The second kappa shape index (κ2) is 5.97. The Balaban J connectivity index is 2.50. The van der Waals surface area contributed by atoms with E-state index >= 15 is 0 Å². The molecule has 2 rings (SSSR count). The van der Waals surface area contributed by atoms with Gasteiger partial charge in [0.1, 0.15) is 5.84 Å². The highest BCUT2D eigenvalue weighted by atomic mass is 16.3. The van der Waals surface area contributed by atoms with Crippen molar-refractivity contribution in [3.05, 3.63) is 16.8 Å². The van der Waals surface area contributed by atoms with Crippen LogP contribution in [0.25, 0.3) is 0 Å². The maximum atomic E-state index is 10.3. The smallest absolute Gasteiger partial charge is 0.162 e. The Morgan fingerprint density at radius 2 is 2.10 bits per heavy atom. The van der Waals surface area contributed by atoms with Crippen molar-refractivity contribution in [3.8, 4) is 0 Å². The van der Waals surface area contributed by atoms with E-state index in [1.54, 1.807) is 0 Å². The molecule has 1 aliphatic rings. The quantitative estimate of drug-likeness (QED) is 0.572. The number of nitrogens with zero attached hydrogens (tertiary/aromatic N) is 3. The lowest BCUT2D eigenvalue weighted by Crippen LogP contribution is -2.47. The van der Waals surface area contributed by atoms with Gasteiger partial charge in [0.2, 0.25) is 0 Å². The Morgan fingerprint density at radius 3 is 2.62 bits per heavy atom. The minimum absolute atomic E-state index is 0.0247. The number of aryl methyl sites for hydroxylation is 1. The molecular weight excluding hydrogens is 266 g/mol.